The van der Waals surface area contributed by atoms with Crippen LogP contribution in [-0.4, -0.2) is 19.1 Å². The first-order valence-electron chi connectivity index (χ1n) is 23.2. The molecule has 0 unspecified atom stereocenters. The van der Waals surface area contributed by atoms with Crippen molar-refractivity contribution in [1.29, 1.82) is 0 Å². The van der Waals surface area contributed by atoms with Crippen LogP contribution < -0.4 is 0 Å². The van der Waals surface area contributed by atoms with E-state index in [-0.39, 0.29) is 0 Å². The normalized spacial score (nSPS) is 11.8. The molecule has 0 saturated heterocycles. The zero-order valence-corrected chi connectivity index (χ0v) is 36.9. The highest BCUT2D eigenvalue weighted by Crippen LogP contribution is 2.44. The van der Waals surface area contributed by atoms with E-state index in [1.807, 2.05) is 12.1 Å². The van der Waals surface area contributed by atoms with Crippen LogP contribution in [0.2, 0.25) is 0 Å². The molecular weight excluding hydrogens is 825 g/mol. The molecule has 0 fully saturated rings. The van der Waals surface area contributed by atoms with Crippen molar-refractivity contribution in [2.75, 3.05) is 0 Å². The lowest BCUT2D eigenvalue weighted by molar-refractivity contribution is 1.17. The molecule has 4 nitrogen and oxygen atoms in total. The van der Waals surface area contributed by atoms with Crippen LogP contribution in [0.1, 0.15) is 0 Å². The highest BCUT2D eigenvalue weighted by atomic mass is 15.0. The Hall–Kier alpha value is -9.12. The lowest BCUT2D eigenvalue weighted by Crippen LogP contribution is -1.98. The van der Waals surface area contributed by atoms with Crippen molar-refractivity contribution in [3.05, 3.63) is 243 Å². The molecule has 0 radical (unpaired) electrons. The van der Waals surface area contributed by atoms with Crippen LogP contribution in [0.4, 0.5) is 0 Å². The molecule has 3 heterocycles. The second kappa shape index (κ2) is 15.2. The van der Waals surface area contributed by atoms with Gasteiger partial charge in [0.25, 0.3) is 0 Å². The molecule has 316 valence electrons. The minimum atomic E-state index is 0.694. The number of aromatic nitrogens is 4. The number of fused-ring (bicyclic) bond motifs is 10. The third kappa shape index (κ3) is 6.08. The predicted octanol–water partition coefficient (Wildman–Crippen LogP) is 16.8. The number of rotatable bonds is 6. The Morgan fingerprint density at radius 1 is 0.265 bits per heavy atom. The van der Waals surface area contributed by atoms with E-state index in [1.54, 1.807) is 0 Å². The molecule has 0 aliphatic heterocycles. The van der Waals surface area contributed by atoms with Crippen LogP contribution in [-0.2, 0) is 0 Å². The lowest BCUT2D eigenvalue weighted by Gasteiger charge is -2.14. The third-order valence-electron chi connectivity index (χ3n) is 13.9. The van der Waals surface area contributed by atoms with Gasteiger partial charge in [-0.3, -0.25) is 0 Å². The van der Waals surface area contributed by atoms with Crippen molar-refractivity contribution >= 4 is 75.9 Å². The SMILES string of the molecule is c1ccc(-c2ccc3c(c2)c2cc4c5c6ccccc6ccc5n(-c5ccc6ccccc6c5)c4cc2n3-c2cccc3cc(-c4nc(-c5ccccc5)cc(-c5ccccc5)n4)ccc23)cc1. The van der Waals surface area contributed by atoms with Gasteiger partial charge in [0, 0.05) is 49.3 Å². The maximum absolute atomic E-state index is 5.19. The van der Waals surface area contributed by atoms with Crippen molar-refractivity contribution in [2.24, 2.45) is 0 Å². The molecule has 0 bridgehead atoms. The molecule has 0 N–H and O–H groups in total. The van der Waals surface area contributed by atoms with Gasteiger partial charge in [-0.25, -0.2) is 9.97 Å². The summed E-state index contributed by atoms with van der Waals surface area (Å²) in [7, 11) is 0. The van der Waals surface area contributed by atoms with Crippen LogP contribution in [0.25, 0.3) is 132 Å². The van der Waals surface area contributed by atoms with Gasteiger partial charge in [-0.05, 0) is 98.7 Å². The van der Waals surface area contributed by atoms with E-state index in [4.69, 9.17) is 9.97 Å². The van der Waals surface area contributed by atoms with E-state index in [9.17, 15) is 0 Å². The molecule has 11 aromatic carbocycles. The molecule has 3 aromatic heterocycles. The number of hydrogen-bond donors (Lipinski definition) is 0. The van der Waals surface area contributed by atoms with Crippen LogP contribution in [0.5, 0.6) is 0 Å². The Morgan fingerprint density at radius 3 is 1.63 bits per heavy atom. The maximum Gasteiger partial charge on any atom is 0.160 e. The molecule has 0 aliphatic carbocycles. The topological polar surface area (TPSA) is 35.6 Å². The molecule has 0 saturated carbocycles. The van der Waals surface area contributed by atoms with Crippen molar-refractivity contribution < 1.29 is 0 Å². The Labute approximate surface area is 392 Å². The van der Waals surface area contributed by atoms with Gasteiger partial charge in [-0.1, -0.05) is 182 Å². The molecule has 0 spiro atoms. The zero-order chi connectivity index (χ0) is 44.7. The van der Waals surface area contributed by atoms with E-state index in [2.05, 4.69) is 240 Å². The summed E-state index contributed by atoms with van der Waals surface area (Å²) in [6, 6.07) is 87.7. The fourth-order valence-electron chi connectivity index (χ4n) is 10.7. The standard InChI is InChI=1S/C64H40N4/c1-4-15-41(16-5-1)47-30-33-59-53(37-47)54-38-55-62(67(50-31-27-42-17-10-11-23-46(42)36-50)60-34-29-43-18-12-13-25-52(43)63(55)60)40-61(54)68(59)58-26-14-24-48-35-49(28-32-51(48)58)64-65-56(44-19-6-2-7-20-44)39-57(66-64)45-21-8-3-9-22-45/h1-40H. The van der Waals surface area contributed by atoms with Crippen molar-refractivity contribution in [1.82, 2.24) is 19.1 Å². The predicted molar refractivity (Wildman–Crippen MR) is 285 cm³/mol. The molecule has 0 aliphatic rings. The zero-order valence-electron chi connectivity index (χ0n) is 36.9. The summed E-state index contributed by atoms with van der Waals surface area (Å²) in [6.07, 6.45) is 0. The average Bonchev–Trinajstić information content (AvgIpc) is 3.91. The Balaban J connectivity index is 1.04. The number of nitrogens with zero attached hydrogens (tertiary/aromatic N) is 4. The first-order chi connectivity index (χ1) is 33.7. The first kappa shape index (κ1) is 38.2. The minimum absolute atomic E-state index is 0.694. The summed E-state index contributed by atoms with van der Waals surface area (Å²) in [5, 5.41) is 12.1. The summed E-state index contributed by atoms with van der Waals surface area (Å²) in [5.41, 5.74) is 14.2. The van der Waals surface area contributed by atoms with Gasteiger partial charge >= 0.3 is 0 Å². The monoisotopic (exact) mass is 864 g/mol. The fraction of sp³-hybridized carbons (Fsp3) is 0. The lowest BCUT2D eigenvalue weighted by atomic mass is 10.0. The number of hydrogen-bond acceptors (Lipinski definition) is 2. The summed E-state index contributed by atoms with van der Waals surface area (Å²) >= 11 is 0. The second-order valence-electron chi connectivity index (χ2n) is 17.8. The van der Waals surface area contributed by atoms with Gasteiger partial charge in [0.2, 0.25) is 0 Å². The van der Waals surface area contributed by atoms with Crippen molar-refractivity contribution in [3.8, 4) is 56.4 Å². The maximum atomic E-state index is 5.19. The van der Waals surface area contributed by atoms with E-state index in [0.717, 1.165) is 61.3 Å². The molecule has 68 heavy (non-hydrogen) atoms. The summed E-state index contributed by atoms with van der Waals surface area (Å²) in [5.74, 6) is 0.694. The average molecular weight is 865 g/mol. The Morgan fingerprint density at radius 2 is 0.868 bits per heavy atom. The molecule has 14 aromatic rings. The quantitative estimate of drug-likeness (QED) is 0.167. The van der Waals surface area contributed by atoms with Crippen molar-refractivity contribution in [2.45, 2.75) is 0 Å². The van der Waals surface area contributed by atoms with Gasteiger partial charge in [0.1, 0.15) is 0 Å². The molecule has 0 atom stereocenters. The van der Waals surface area contributed by atoms with Gasteiger partial charge < -0.3 is 9.13 Å². The minimum Gasteiger partial charge on any atom is -0.309 e. The summed E-state index contributed by atoms with van der Waals surface area (Å²) in [4.78, 5) is 10.4. The largest absolute Gasteiger partial charge is 0.309 e. The van der Waals surface area contributed by atoms with Gasteiger partial charge in [-0.2, -0.15) is 0 Å². The number of benzene rings is 11. The van der Waals surface area contributed by atoms with E-state index in [0.29, 0.717) is 5.82 Å². The van der Waals surface area contributed by atoms with E-state index >= 15 is 0 Å². The third-order valence-corrected chi connectivity index (χ3v) is 13.9. The van der Waals surface area contributed by atoms with Gasteiger partial charge in [0.15, 0.2) is 5.82 Å². The van der Waals surface area contributed by atoms with Gasteiger partial charge in [-0.15, -0.1) is 0 Å². The van der Waals surface area contributed by atoms with Crippen LogP contribution in [0, 0.1) is 0 Å². The van der Waals surface area contributed by atoms with E-state index in [1.165, 1.54) is 65.3 Å². The molecule has 4 heteroatoms. The summed E-state index contributed by atoms with van der Waals surface area (Å²) < 4.78 is 4.96. The molecular formula is C64H40N4. The van der Waals surface area contributed by atoms with Crippen molar-refractivity contribution in [3.63, 3.8) is 0 Å². The molecule has 14 rings (SSSR count). The van der Waals surface area contributed by atoms with Crippen LogP contribution in [0.15, 0.2) is 243 Å². The van der Waals surface area contributed by atoms with Crippen LogP contribution >= 0.6 is 0 Å². The first-order valence-corrected chi connectivity index (χ1v) is 23.2. The van der Waals surface area contributed by atoms with Crippen LogP contribution in [0.3, 0.4) is 0 Å². The molecule has 0 amide bonds. The Bertz CT molecular complexity index is 4240. The highest BCUT2D eigenvalue weighted by Gasteiger charge is 2.22. The summed E-state index contributed by atoms with van der Waals surface area (Å²) in [6.45, 7) is 0. The van der Waals surface area contributed by atoms with E-state index < -0.39 is 0 Å². The smallest absolute Gasteiger partial charge is 0.160 e. The Kier molecular flexibility index (Phi) is 8.55. The second-order valence-corrected chi connectivity index (χ2v) is 17.8. The highest BCUT2D eigenvalue weighted by molar-refractivity contribution is 6.26. The van der Waals surface area contributed by atoms with Gasteiger partial charge in [0.05, 0.1) is 39.1 Å². The fourth-order valence-corrected chi connectivity index (χ4v) is 10.7.